The standard InChI is InChI=1S/C17H26N2O2/c1-13(2)15-12-19(8-3-7-18-15)14-5-6-16-17(11-14)21-10-4-9-20-16/h5-6,11,13,15,18H,3-4,7-10,12H2,1-2H3. The zero-order valence-corrected chi connectivity index (χ0v) is 13.1. The maximum atomic E-state index is 5.82. The highest BCUT2D eigenvalue weighted by Gasteiger charge is 2.21. The molecule has 2 aliphatic heterocycles. The maximum absolute atomic E-state index is 5.82. The molecule has 1 unspecified atom stereocenters. The molecule has 0 aromatic heterocycles. The molecule has 0 bridgehead atoms. The molecule has 1 N–H and O–H groups in total. The Kier molecular flexibility index (Phi) is 4.54. The fraction of sp³-hybridized carbons (Fsp3) is 0.647. The molecule has 0 aliphatic carbocycles. The van der Waals surface area contributed by atoms with Crippen molar-refractivity contribution in [1.29, 1.82) is 0 Å². The third kappa shape index (κ3) is 3.43. The van der Waals surface area contributed by atoms with Gasteiger partial charge in [0.2, 0.25) is 0 Å². The second-order valence-corrected chi connectivity index (χ2v) is 6.29. The van der Waals surface area contributed by atoms with Crippen LogP contribution in [0.25, 0.3) is 0 Å². The second kappa shape index (κ2) is 6.56. The van der Waals surface area contributed by atoms with Gasteiger partial charge >= 0.3 is 0 Å². The van der Waals surface area contributed by atoms with Crippen LogP contribution in [0.3, 0.4) is 0 Å². The van der Waals surface area contributed by atoms with E-state index in [0.717, 1.165) is 50.8 Å². The van der Waals surface area contributed by atoms with Crippen LogP contribution in [0.5, 0.6) is 11.5 Å². The van der Waals surface area contributed by atoms with E-state index in [1.807, 2.05) is 0 Å². The first kappa shape index (κ1) is 14.5. The number of anilines is 1. The summed E-state index contributed by atoms with van der Waals surface area (Å²) in [5.74, 6) is 2.42. The number of nitrogens with one attached hydrogen (secondary N) is 1. The Morgan fingerprint density at radius 2 is 1.95 bits per heavy atom. The van der Waals surface area contributed by atoms with E-state index in [4.69, 9.17) is 9.47 Å². The minimum atomic E-state index is 0.545. The Bertz CT molecular complexity index is 476. The van der Waals surface area contributed by atoms with E-state index in [-0.39, 0.29) is 0 Å². The van der Waals surface area contributed by atoms with Crippen LogP contribution >= 0.6 is 0 Å². The molecule has 1 saturated heterocycles. The Labute approximate surface area is 127 Å². The van der Waals surface area contributed by atoms with E-state index < -0.39 is 0 Å². The third-order valence-corrected chi connectivity index (χ3v) is 4.33. The van der Waals surface area contributed by atoms with Crippen LogP contribution in [-0.2, 0) is 0 Å². The van der Waals surface area contributed by atoms with Crippen LogP contribution in [0.15, 0.2) is 18.2 Å². The predicted octanol–water partition coefficient (Wildman–Crippen LogP) is 2.67. The van der Waals surface area contributed by atoms with Crippen LogP contribution in [-0.4, -0.2) is 38.9 Å². The highest BCUT2D eigenvalue weighted by molar-refractivity contribution is 5.56. The van der Waals surface area contributed by atoms with Crippen molar-refractivity contribution in [1.82, 2.24) is 5.32 Å². The minimum absolute atomic E-state index is 0.545. The minimum Gasteiger partial charge on any atom is -0.490 e. The average molecular weight is 290 g/mol. The summed E-state index contributed by atoms with van der Waals surface area (Å²) < 4.78 is 11.5. The number of hydrogen-bond acceptors (Lipinski definition) is 4. The van der Waals surface area contributed by atoms with Gasteiger partial charge in [-0.25, -0.2) is 0 Å². The third-order valence-electron chi connectivity index (χ3n) is 4.33. The fourth-order valence-corrected chi connectivity index (χ4v) is 2.98. The van der Waals surface area contributed by atoms with Gasteiger partial charge in [-0.15, -0.1) is 0 Å². The van der Waals surface area contributed by atoms with Gasteiger partial charge in [-0.1, -0.05) is 13.8 Å². The van der Waals surface area contributed by atoms with Crippen LogP contribution in [0.4, 0.5) is 5.69 Å². The molecule has 0 radical (unpaired) electrons. The van der Waals surface area contributed by atoms with Crippen molar-refractivity contribution in [2.45, 2.75) is 32.7 Å². The number of ether oxygens (including phenoxy) is 2. The summed E-state index contributed by atoms with van der Waals surface area (Å²) in [6.07, 6.45) is 2.13. The van der Waals surface area contributed by atoms with Gasteiger partial charge in [0.15, 0.2) is 11.5 Å². The first-order valence-corrected chi connectivity index (χ1v) is 8.12. The molecule has 21 heavy (non-hydrogen) atoms. The lowest BCUT2D eigenvalue weighted by Crippen LogP contribution is -2.41. The highest BCUT2D eigenvalue weighted by Crippen LogP contribution is 2.34. The Balaban J connectivity index is 1.80. The van der Waals surface area contributed by atoms with E-state index in [1.54, 1.807) is 0 Å². The largest absolute Gasteiger partial charge is 0.490 e. The van der Waals surface area contributed by atoms with E-state index in [2.05, 4.69) is 42.3 Å². The van der Waals surface area contributed by atoms with Crippen molar-refractivity contribution in [3.8, 4) is 11.5 Å². The molecule has 2 aliphatic rings. The van der Waals surface area contributed by atoms with Crippen molar-refractivity contribution in [2.75, 3.05) is 37.7 Å². The van der Waals surface area contributed by atoms with Crippen LogP contribution < -0.4 is 19.7 Å². The summed E-state index contributed by atoms with van der Waals surface area (Å²) in [4.78, 5) is 2.47. The van der Waals surface area contributed by atoms with Gasteiger partial charge < -0.3 is 19.7 Å². The van der Waals surface area contributed by atoms with Gasteiger partial charge in [-0.05, 0) is 31.0 Å². The van der Waals surface area contributed by atoms with Gasteiger partial charge in [-0.3, -0.25) is 0 Å². The number of fused-ring (bicyclic) bond motifs is 1. The SMILES string of the molecule is CC(C)C1CN(c2ccc3c(c2)OCCCO3)CCCN1. The van der Waals surface area contributed by atoms with Gasteiger partial charge in [0, 0.05) is 37.3 Å². The van der Waals surface area contributed by atoms with Crippen molar-refractivity contribution in [3.63, 3.8) is 0 Å². The van der Waals surface area contributed by atoms with Crippen molar-refractivity contribution < 1.29 is 9.47 Å². The molecule has 4 nitrogen and oxygen atoms in total. The highest BCUT2D eigenvalue weighted by atomic mass is 16.5. The fourth-order valence-electron chi connectivity index (χ4n) is 2.98. The normalized spacial score (nSPS) is 22.8. The average Bonchev–Trinajstić information content (AvgIpc) is 2.87. The molecule has 0 amide bonds. The molecule has 1 aromatic rings. The van der Waals surface area contributed by atoms with E-state index >= 15 is 0 Å². The summed E-state index contributed by atoms with van der Waals surface area (Å²) >= 11 is 0. The molecular weight excluding hydrogens is 264 g/mol. The molecule has 1 atom stereocenters. The number of nitrogens with zero attached hydrogens (tertiary/aromatic N) is 1. The molecular formula is C17H26N2O2. The van der Waals surface area contributed by atoms with Gasteiger partial charge in [-0.2, -0.15) is 0 Å². The Morgan fingerprint density at radius 1 is 1.14 bits per heavy atom. The van der Waals surface area contributed by atoms with E-state index in [1.165, 1.54) is 12.1 Å². The maximum Gasteiger partial charge on any atom is 0.163 e. The van der Waals surface area contributed by atoms with E-state index in [9.17, 15) is 0 Å². The molecule has 2 heterocycles. The molecule has 0 saturated carbocycles. The van der Waals surface area contributed by atoms with Crippen molar-refractivity contribution in [3.05, 3.63) is 18.2 Å². The molecule has 1 aromatic carbocycles. The smallest absolute Gasteiger partial charge is 0.163 e. The van der Waals surface area contributed by atoms with Gasteiger partial charge in [0.25, 0.3) is 0 Å². The summed E-state index contributed by atoms with van der Waals surface area (Å²) in [6, 6.07) is 6.90. The molecule has 4 heteroatoms. The Hall–Kier alpha value is -1.42. The summed E-state index contributed by atoms with van der Waals surface area (Å²) in [7, 11) is 0. The van der Waals surface area contributed by atoms with E-state index in [0.29, 0.717) is 12.0 Å². The molecule has 3 rings (SSSR count). The first-order chi connectivity index (χ1) is 10.2. The lowest BCUT2D eigenvalue weighted by Gasteiger charge is -2.29. The zero-order chi connectivity index (χ0) is 14.7. The molecule has 116 valence electrons. The molecule has 0 spiro atoms. The quantitative estimate of drug-likeness (QED) is 0.908. The van der Waals surface area contributed by atoms with Gasteiger partial charge in [0.05, 0.1) is 13.2 Å². The first-order valence-electron chi connectivity index (χ1n) is 8.12. The summed E-state index contributed by atoms with van der Waals surface area (Å²) in [5.41, 5.74) is 1.24. The van der Waals surface area contributed by atoms with Crippen LogP contribution in [0.2, 0.25) is 0 Å². The number of rotatable bonds is 2. The van der Waals surface area contributed by atoms with Crippen LogP contribution in [0.1, 0.15) is 26.7 Å². The van der Waals surface area contributed by atoms with Crippen LogP contribution in [0, 0.1) is 5.92 Å². The monoisotopic (exact) mass is 290 g/mol. The topological polar surface area (TPSA) is 33.7 Å². The molecule has 1 fully saturated rings. The summed E-state index contributed by atoms with van der Waals surface area (Å²) in [5, 5.41) is 3.66. The predicted molar refractivity (Wildman–Crippen MR) is 85.5 cm³/mol. The van der Waals surface area contributed by atoms with Gasteiger partial charge in [0.1, 0.15) is 0 Å². The number of hydrogen-bond donors (Lipinski definition) is 1. The number of benzene rings is 1. The second-order valence-electron chi connectivity index (χ2n) is 6.29. The summed E-state index contributed by atoms with van der Waals surface area (Å²) in [6.45, 7) is 9.31. The lowest BCUT2D eigenvalue weighted by molar-refractivity contribution is 0.297. The zero-order valence-electron chi connectivity index (χ0n) is 13.1. The van der Waals surface area contributed by atoms with Crippen molar-refractivity contribution in [2.24, 2.45) is 5.92 Å². The Morgan fingerprint density at radius 3 is 2.76 bits per heavy atom. The van der Waals surface area contributed by atoms with Crippen molar-refractivity contribution >= 4 is 5.69 Å². The lowest BCUT2D eigenvalue weighted by atomic mass is 10.0.